The molecule has 1 aromatic rings. The van der Waals surface area contributed by atoms with E-state index in [1.165, 1.54) is 6.92 Å². The van der Waals surface area contributed by atoms with Gasteiger partial charge in [0.05, 0.1) is 6.42 Å². The minimum Gasteiger partial charge on any atom is -0.481 e. The van der Waals surface area contributed by atoms with Crippen LogP contribution in [0.25, 0.3) is 0 Å². The summed E-state index contributed by atoms with van der Waals surface area (Å²) in [5.41, 5.74) is 0.929. The summed E-state index contributed by atoms with van der Waals surface area (Å²) in [7, 11) is 0. The molecular weight excluding hydrogens is 206 g/mol. The van der Waals surface area contributed by atoms with Crippen LogP contribution in [0.1, 0.15) is 24.8 Å². The van der Waals surface area contributed by atoms with Crippen LogP contribution in [0.4, 0.5) is 0 Å². The predicted molar refractivity (Wildman–Crippen MR) is 60.1 cm³/mol. The first-order valence-corrected chi connectivity index (χ1v) is 5.10. The van der Waals surface area contributed by atoms with Crippen LogP contribution in [0.15, 0.2) is 30.3 Å². The highest BCUT2D eigenvalue weighted by atomic mass is 16.4. The molecule has 0 aliphatic carbocycles. The number of carbonyl (C=O) groups excluding carboxylic acids is 1. The Labute approximate surface area is 94.3 Å². The largest absolute Gasteiger partial charge is 0.481 e. The summed E-state index contributed by atoms with van der Waals surface area (Å²) in [5.74, 6) is -1.19. The third kappa shape index (κ3) is 4.13. The second-order valence-electron chi connectivity index (χ2n) is 3.64. The number of rotatable bonds is 5. The molecule has 0 saturated heterocycles. The Morgan fingerprint density at radius 3 is 2.44 bits per heavy atom. The van der Waals surface area contributed by atoms with E-state index >= 15 is 0 Å². The Morgan fingerprint density at radius 1 is 1.31 bits per heavy atom. The van der Waals surface area contributed by atoms with Crippen molar-refractivity contribution in [3.05, 3.63) is 35.9 Å². The van der Waals surface area contributed by atoms with Gasteiger partial charge >= 0.3 is 5.97 Å². The number of hydrogen-bond donors (Lipinski definition) is 2. The molecule has 0 aliphatic heterocycles. The zero-order chi connectivity index (χ0) is 12.0. The summed E-state index contributed by atoms with van der Waals surface area (Å²) in [4.78, 5) is 21.5. The summed E-state index contributed by atoms with van der Waals surface area (Å²) in [6, 6.07) is 9.33. The molecule has 0 bridgehead atoms. The van der Waals surface area contributed by atoms with Gasteiger partial charge < -0.3 is 10.4 Å². The van der Waals surface area contributed by atoms with Gasteiger partial charge in [-0.3, -0.25) is 9.59 Å². The third-order valence-corrected chi connectivity index (χ3v) is 2.29. The first-order chi connectivity index (χ1) is 7.59. The second-order valence-corrected chi connectivity index (χ2v) is 3.64. The maximum absolute atomic E-state index is 10.8. The van der Waals surface area contributed by atoms with E-state index in [-0.39, 0.29) is 18.2 Å². The van der Waals surface area contributed by atoms with Crippen molar-refractivity contribution < 1.29 is 14.7 Å². The van der Waals surface area contributed by atoms with Gasteiger partial charge in [-0.05, 0) is 5.56 Å². The monoisotopic (exact) mass is 221 g/mol. The van der Waals surface area contributed by atoms with Gasteiger partial charge in [-0.15, -0.1) is 0 Å². The molecule has 0 aliphatic rings. The van der Waals surface area contributed by atoms with Crippen molar-refractivity contribution in [2.45, 2.75) is 19.3 Å². The van der Waals surface area contributed by atoms with Crippen molar-refractivity contribution in [1.82, 2.24) is 5.32 Å². The number of carbonyl (C=O) groups is 2. The molecule has 86 valence electrons. The number of hydrogen-bond acceptors (Lipinski definition) is 2. The van der Waals surface area contributed by atoms with Crippen LogP contribution >= 0.6 is 0 Å². The molecule has 0 saturated carbocycles. The summed E-state index contributed by atoms with van der Waals surface area (Å²) in [6.45, 7) is 1.77. The standard InChI is InChI=1S/C12H15NO3/c1-9(14)13-8-11(7-12(15)16)10-5-3-2-4-6-10/h2-6,11H,7-8H2,1H3,(H,13,14)(H,15,16)/t11-/m0/s1. The van der Waals surface area contributed by atoms with Crippen LogP contribution in [0, 0.1) is 0 Å². The second kappa shape index (κ2) is 5.90. The van der Waals surface area contributed by atoms with E-state index in [0.29, 0.717) is 6.54 Å². The Morgan fingerprint density at radius 2 is 1.94 bits per heavy atom. The zero-order valence-corrected chi connectivity index (χ0v) is 9.14. The van der Waals surface area contributed by atoms with Gasteiger partial charge in [-0.25, -0.2) is 0 Å². The first-order valence-electron chi connectivity index (χ1n) is 5.10. The van der Waals surface area contributed by atoms with Crippen molar-refractivity contribution in [2.75, 3.05) is 6.54 Å². The van der Waals surface area contributed by atoms with E-state index in [1.807, 2.05) is 30.3 Å². The minimum atomic E-state index is -0.862. The van der Waals surface area contributed by atoms with E-state index in [9.17, 15) is 9.59 Å². The van der Waals surface area contributed by atoms with Gasteiger partial charge in [0.15, 0.2) is 0 Å². The number of carboxylic acids is 1. The van der Waals surface area contributed by atoms with Crippen molar-refractivity contribution in [2.24, 2.45) is 0 Å². The van der Waals surface area contributed by atoms with Gasteiger partial charge in [-0.1, -0.05) is 30.3 Å². The number of carboxylic acid groups (broad SMARTS) is 1. The lowest BCUT2D eigenvalue weighted by Gasteiger charge is -2.15. The Hall–Kier alpha value is -1.84. The van der Waals surface area contributed by atoms with E-state index in [2.05, 4.69) is 5.32 Å². The number of nitrogens with one attached hydrogen (secondary N) is 1. The smallest absolute Gasteiger partial charge is 0.304 e. The first kappa shape index (κ1) is 12.2. The van der Waals surface area contributed by atoms with E-state index < -0.39 is 5.97 Å². The van der Waals surface area contributed by atoms with Crippen LogP contribution < -0.4 is 5.32 Å². The van der Waals surface area contributed by atoms with Gasteiger partial charge in [0.25, 0.3) is 0 Å². The SMILES string of the molecule is CC(=O)NC[C@H](CC(=O)O)c1ccccc1. The molecule has 0 unspecified atom stereocenters. The molecule has 0 aromatic heterocycles. The molecule has 0 heterocycles. The van der Waals surface area contributed by atoms with Crippen molar-refractivity contribution in [1.29, 1.82) is 0 Å². The van der Waals surface area contributed by atoms with Gasteiger partial charge in [0, 0.05) is 19.4 Å². The Bertz CT molecular complexity index is 362. The molecule has 1 rings (SSSR count). The lowest BCUT2D eigenvalue weighted by atomic mass is 9.96. The maximum atomic E-state index is 10.8. The molecule has 0 radical (unpaired) electrons. The Kier molecular flexibility index (Phi) is 4.51. The van der Waals surface area contributed by atoms with Gasteiger partial charge in [0.1, 0.15) is 0 Å². The van der Waals surface area contributed by atoms with Crippen molar-refractivity contribution in [3.63, 3.8) is 0 Å². The predicted octanol–water partition coefficient (Wildman–Crippen LogP) is 1.38. The molecular formula is C12H15NO3. The lowest BCUT2D eigenvalue weighted by Crippen LogP contribution is -2.27. The fourth-order valence-corrected chi connectivity index (χ4v) is 1.51. The topological polar surface area (TPSA) is 66.4 Å². The molecule has 2 N–H and O–H groups in total. The van der Waals surface area contributed by atoms with Crippen molar-refractivity contribution >= 4 is 11.9 Å². The quantitative estimate of drug-likeness (QED) is 0.789. The maximum Gasteiger partial charge on any atom is 0.304 e. The van der Waals surface area contributed by atoms with Crippen LogP contribution in [0.3, 0.4) is 0 Å². The van der Waals surface area contributed by atoms with E-state index in [1.54, 1.807) is 0 Å². The lowest BCUT2D eigenvalue weighted by molar-refractivity contribution is -0.137. The van der Waals surface area contributed by atoms with Crippen LogP contribution in [-0.4, -0.2) is 23.5 Å². The molecule has 16 heavy (non-hydrogen) atoms. The average molecular weight is 221 g/mol. The summed E-state index contributed by atoms with van der Waals surface area (Å²) in [6.07, 6.45) is 0.0181. The number of amides is 1. The normalized spacial score (nSPS) is 11.8. The highest BCUT2D eigenvalue weighted by Crippen LogP contribution is 2.18. The molecule has 4 heteroatoms. The molecule has 4 nitrogen and oxygen atoms in total. The molecule has 0 spiro atoms. The highest BCUT2D eigenvalue weighted by Gasteiger charge is 2.15. The summed E-state index contributed by atoms with van der Waals surface area (Å²) >= 11 is 0. The van der Waals surface area contributed by atoms with Crippen LogP contribution in [-0.2, 0) is 9.59 Å². The fourth-order valence-electron chi connectivity index (χ4n) is 1.51. The summed E-state index contributed by atoms with van der Waals surface area (Å²) in [5, 5.41) is 11.4. The van der Waals surface area contributed by atoms with Crippen LogP contribution in [0.5, 0.6) is 0 Å². The van der Waals surface area contributed by atoms with E-state index in [0.717, 1.165) is 5.56 Å². The van der Waals surface area contributed by atoms with Gasteiger partial charge in [0.2, 0.25) is 5.91 Å². The Balaban J connectivity index is 2.71. The number of benzene rings is 1. The van der Waals surface area contributed by atoms with Crippen molar-refractivity contribution in [3.8, 4) is 0 Å². The fraction of sp³-hybridized carbons (Fsp3) is 0.333. The van der Waals surface area contributed by atoms with E-state index in [4.69, 9.17) is 5.11 Å². The number of aliphatic carboxylic acids is 1. The highest BCUT2D eigenvalue weighted by molar-refractivity contribution is 5.73. The zero-order valence-electron chi connectivity index (χ0n) is 9.14. The van der Waals surface area contributed by atoms with Gasteiger partial charge in [-0.2, -0.15) is 0 Å². The summed E-state index contributed by atoms with van der Waals surface area (Å²) < 4.78 is 0. The molecule has 1 atom stereocenters. The minimum absolute atomic E-state index is 0.0181. The molecule has 1 aromatic carbocycles. The molecule has 0 fully saturated rings. The third-order valence-electron chi connectivity index (χ3n) is 2.29. The van der Waals surface area contributed by atoms with Crippen LogP contribution in [0.2, 0.25) is 0 Å². The molecule has 1 amide bonds. The average Bonchev–Trinajstić information content (AvgIpc) is 2.25.